The summed E-state index contributed by atoms with van der Waals surface area (Å²) in [7, 11) is -4.63. The van der Waals surface area contributed by atoms with Gasteiger partial charge in [-0.2, -0.15) is 0 Å². The summed E-state index contributed by atoms with van der Waals surface area (Å²) >= 11 is 5.92. The van der Waals surface area contributed by atoms with Gasteiger partial charge < -0.3 is 9.64 Å². The number of hydrogen-bond donors (Lipinski definition) is 1. The van der Waals surface area contributed by atoms with Crippen LogP contribution in [-0.2, 0) is 14.8 Å². The van der Waals surface area contributed by atoms with Gasteiger partial charge in [-0.3, -0.25) is 9.52 Å². The number of anilines is 1. The molecule has 144 valence electrons. The molecule has 1 N–H and O–H groups in total. The van der Waals surface area contributed by atoms with Crippen LogP contribution in [-0.4, -0.2) is 45.5 Å². The fraction of sp³-hybridized carbons (Fsp3) is 0.235. The summed E-state index contributed by atoms with van der Waals surface area (Å²) in [4.78, 5) is 13.1. The SMILES string of the molecule is O=C(c1ccc(Cl)cc1NS(=O)(=O)c1c(F)cccc1F)N1CCOCC1. The van der Waals surface area contributed by atoms with Gasteiger partial charge in [-0.1, -0.05) is 17.7 Å². The number of halogens is 3. The lowest BCUT2D eigenvalue weighted by Crippen LogP contribution is -2.41. The number of rotatable bonds is 4. The van der Waals surface area contributed by atoms with Gasteiger partial charge in [0.05, 0.1) is 24.5 Å². The molecule has 2 aromatic carbocycles. The molecule has 6 nitrogen and oxygen atoms in total. The predicted molar refractivity (Wildman–Crippen MR) is 95.3 cm³/mol. The highest BCUT2D eigenvalue weighted by atomic mass is 35.5. The van der Waals surface area contributed by atoms with E-state index in [9.17, 15) is 22.0 Å². The van der Waals surface area contributed by atoms with Crippen LogP contribution >= 0.6 is 11.6 Å². The minimum atomic E-state index is -4.63. The summed E-state index contributed by atoms with van der Waals surface area (Å²) < 4.78 is 60.1. The first kappa shape index (κ1) is 19.5. The number of nitrogens with zero attached hydrogens (tertiary/aromatic N) is 1. The van der Waals surface area contributed by atoms with Crippen molar-refractivity contribution in [3.8, 4) is 0 Å². The van der Waals surface area contributed by atoms with E-state index >= 15 is 0 Å². The molecule has 0 unspecified atom stereocenters. The smallest absolute Gasteiger partial charge is 0.267 e. The standard InChI is InChI=1S/C17H15ClF2N2O4S/c18-11-4-5-12(17(23)22-6-8-26-9-7-22)15(10-11)21-27(24,25)16-13(19)2-1-3-14(16)20/h1-5,10,21H,6-9H2. The molecule has 0 aromatic heterocycles. The molecule has 1 amide bonds. The molecule has 0 spiro atoms. The normalized spacial score (nSPS) is 14.9. The molecule has 3 rings (SSSR count). The Bertz CT molecular complexity index is 959. The van der Waals surface area contributed by atoms with Gasteiger partial charge >= 0.3 is 0 Å². The number of amides is 1. The third-order valence-corrected chi connectivity index (χ3v) is 5.59. The number of carbonyl (C=O) groups is 1. The van der Waals surface area contributed by atoms with Crippen LogP contribution in [0.15, 0.2) is 41.3 Å². The van der Waals surface area contributed by atoms with Crippen molar-refractivity contribution in [2.24, 2.45) is 0 Å². The average Bonchev–Trinajstić information content (AvgIpc) is 2.61. The lowest BCUT2D eigenvalue weighted by Gasteiger charge is -2.27. The highest BCUT2D eigenvalue weighted by Gasteiger charge is 2.27. The zero-order valence-electron chi connectivity index (χ0n) is 13.9. The van der Waals surface area contributed by atoms with Crippen LogP contribution in [0.1, 0.15) is 10.4 Å². The van der Waals surface area contributed by atoms with Crippen molar-refractivity contribution in [3.63, 3.8) is 0 Å². The summed E-state index contributed by atoms with van der Waals surface area (Å²) in [5, 5.41) is 0.153. The van der Waals surface area contributed by atoms with Gasteiger partial charge in [0.25, 0.3) is 15.9 Å². The second kappa shape index (κ2) is 7.79. The highest BCUT2D eigenvalue weighted by molar-refractivity contribution is 7.92. The molecule has 0 radical (unpaired) electrons. The molecule has 0 aliphatic carbocycles. The average molecular weight is 417 g/mol. The molecular weight excluding hydrogens is 402 g/mol. The molecule has 1 aliphatic heterocycles. The Morgan fingerprint density at radius 2 is 1.74 bits per heavy atom. The molecule has 1 fully saturated rings. The van der Waals surface area contributed by atoms with Gasteiger partial charge in [0.1, 0.15) is 11.6 Å². The topological polar surface area (TPSA) is 75.7 Å². The molecule has 2 aromatic rings. The maximum Gasteiger partial charge on any atom is 0.267 e. The lowest BCUT2D eigenvalue weighted by atomic mass is 10.1. The Morgan fingerprint density at radius 1 is 1.11 bits per heavy atom. The molecule has 0 atom stereocenters. The molecular formula is C17H15ClF2N2O4S. The molecule has 0 bridgehead atoms. The van der Waals surface area contributed by atoms with Crippen molar-refractivity contribution in [2.75, 3.05) is 31.0 Å². The van der Waals surface area contributed by atoms with Crippen LogP contribution in [0.5, 0.6) is 0 Å². The first-order chi connectivity index (χ1) is 12.8. The number of hydrogen-bond acceptors (Lipinski definition) is 4. The minimum absolute atomic E-state index is 0.0154. The van der Waals surface area contributed by atoms with Crippen LogP contribution in [0.4, 0.5) is 14.5 Å². The van der Waals surface area contributed by atoms with Gasteiger partial charge in [0.2, 0.25) is 0 Å². The van der Waals surface area contributed by atoms with Crippen molar-refractivity contribution in [1.29, 1.82) is 0 Å². The van der Waals surface area contributed by atoms with Crippen LogP contribution in [0.3, 0.4) is 0 Å². The van der Waals surface area contributed by atoms with E-state index in [4.69, 9.17) is 16.3 Å². The summed E-state index contributed by atoms with van der Waals surface area (Å²) in [6, 6.07) is 6.71. The number of sulfonamides is 1. The first-order valence-corrected chi connectivity index (χ1v) is 9.79. The van der Waals surface area contributed by atoms with E-state index in [1.54, 1.807) is 0 Å². The Balaban J connectivity index is 1.99. The van der Waals surface area contributed by atoms with E-state index in [-0.39, 0.29) is 16.3 Å². The number of morpholine rings is 1. The summed E-state index contributed by atoms with van der Waals surface area (Å²) in [6.07, 6.45) is 0. The maximum atomic E-state index is 13.9. The second-order valence-electron chi connectivity index (χ2n) is 5.75. The van der Waals surface area contributed by atoms with Crippen molar-refractivity contribution in [3.05, 3.63) is 58.6 Å². The van der Waals surface area contributed by atoms with Gasteiger partial charge in [0, 0.05) is 18.1 Å². The first-order valence-electron chi connectivity index (χ1n) is 7.93. The lowest BCUT2D eigenvalue weighted by molar-refractivity contribution is 0.0303. The van der Waals surface area contributed by atoms with Gasteiger partial charge in [-0.15, -0.1) is 0 Å². The van der Waals surface area contributed by atoms with Crippen LogP contribution < -0.4 is 4.72 Å². The van der Waals surface area contributed by atoms with Crippen LogP contribution in [0.25, 0.3) is 0 Å². The van der Waals surface area contributed by atoms with Gasteiger partial charge in [-0.25, -0.2) is 17.2 Å². The van der Waals surface area contributed by atoms with E-state index in [0.29, 0.717) is 26.3 Å². The van der Waals surface area contributed by atoms with Gasteiger partial charge in [-0.05, 0) is 30.3 Å². The molecule has 1 saturated heterocycles. The summed E-state index contributed by atoms with van der Waals surface area (Å²) in [6.45, 7) is 1.41. The van der Waals surface area contributed by atoms with Crippen molar-refractivity contribution >= 4 is 33.2 Å². The van der Waals surface area contributed by atoms with Crippen LogP contribution in [0.2, 0.25) is 5.02 Å². The Kier molecular flexibility index (Phi) is 5.64. The monoisotopic (exact) mass is 416 g/mol. The zero-order valence-corrected chi connectivity index (χ0v) is 15.5. The fourth-order valence-electron chi connectivity index (χ4n) is 2.66. The van der Waals surface area contributed by atoms with Crippen molar-refractivity contribution < 1.29 is 26.7 Å². The molecule has 27 heavy (non-hydrogen) atoms. The Labute approximate surface area is 159 Å². The van der Waals surface area contributed by atoms with E-state index in [1.807, 2.05) is 0 Å². The Morgan fingerprint density at radius 3 is 2.37 bits per heavy atom. The predicted octanol–water partition coefficient (Wildman–Crippen LogP) is 2.89. The minimum Gasteiger partial charge on any atom is -0.378 e. The van der Waals surface area contributed by atoms with E-state index in [0.717, 1.165) is 18.2 Å². The number of benzene rings is 2. The largest absolute Gasteiger partial charge is 0.378 e. The maximum absolute atomic E-state index is 13.9. The van der Waals surface area contributed by atoms with Gasteiger partial charge in [0.15, 0.2) is 4.90 Å². The summed E-state index contributed by atoms with van der Waals surface area (Å²) in [5.74, 6) is -2.93. The number of nitrogens with one attached hydrogen (secondary N) is 1. The van der Waals surface area contributed by atoms with E-state index in [1.165, 1.54) is 23.1 Å². The van der Waals surface area contributed by atoms with Crippen molar-refractivity contribution in [2.45, 2.75) is 4.90 Å². The third-order valence-electron chi connectivity index (χ3n) is 3.94. The molecule has 10 heteroatoms. The van der Waals surface area contributed by atoms with E-state index in [2.05, 4.69) is 4.72 Å². The Hall–Kier alpha value is -2.23. The van der Waals surface area contributed by atoms with E-state index < -0.39 is 32.5 Å². The third kappa shape index (κ3) is 4.20. The van der Waals surface area contributed by atoms with Crippen LogP contribution in [0, 0.1) is 11.6 Å². The number of carbonyl (C=O) groups excluding carboxylic acids is 1. The van der Waals surface area contributed by atoms with Crippen molar-refractivity contribution in [1.82, 2.24) is 4.90 Å². The fourth-order valence-corrected chi connectivity index (χ4v) is 4.04. The number of ether oxygens (including phenoxy) is 1. The summed E-state index contributed by atoms with van der Waals surface area (Å²) in [5.41, 5.74) is -0.150. The molecule has 1 aliphatic rings. The highest BCUT2D eigenvalue weighted by Crippen LogP contribution is 2.27. The molecule has 1 heterocycles. The molecule has 0 saturated carbocycles. The quantitative estimate of drug-likeness (QED) is 0.831. The second-order valence-corrected chi connectivity index (χ2v) is 7.81. The zero-order chi connectivity index (χ0) is 19.6.